The molecule has 5 heterocycles. The monoisotopic (exact) mass is 463 g/mol. The van der Waals surface area contributed by atoms with Crippen LogP contribution in [-0.4, -0.2) is 67.8 Å². The minimum Gasteiger partial charge on any atom is -0.372 e. The smallest absolute Gasteiger partial charge is 0.320 e. The first-order valence-electron chi connectivity index (χ1n) is 11.2. The Morgan fingerprint density at radius 1 is 1.21 bits per heavy atom. The molecule has 2 N–H and O–H groups in total. The van der Waals surface area contributed by atoms with Gasteiger partial charge >= 0.3 is 6.03 Å². The van der Waals surface area contributed by atoms with Crippen LogP contribution in [0, 0.1) is 0 Å². The molecule has 1 fully saturated rings. The first kappa shape index (κ1) is 20.4. The molecule has 2 aliphatic rings. The Kier molecular flexibility index (Phi) is 4.92. The van der Waals surface area contributed by atoms with Crippen molar-refractivity contribution in [2.45, 2.75) is 39.0 Å². The van der Waals surface area contributed by atoms with E-state index in [-0.39, 0.29) is 18.2 Å². The molecule has 0 unspecified atom stereocenters. The summed E-state index contributed by atoms with van der Waals surface area (Å²) in [7, 11) is 0. The lowest BCUT2D eigenvalue weighted by atomic mass is 10.0. The van der Waals surface area contributed by atoms with Crippen LogP contribution in [0.3, 0.4) is 0 Å². The van der Waals surface area contributed by atoms with Gasteiger partial charge in [-0.1, -0.05) is 0 Å². The highest BCUT2D eigenvalue weighted by Gasteiger charge is 2.32. The topological polar surface area (TPSA) is 99.3 Å². The number of carbonyl (C=O) groups is 1. The maximum Gasteiger partial charge on any atom is 0.320 e. The number of ether oxygens (including phenoxy) is 1. The number of fused-ring (bicyclic) bond motifs is 4. The molecule has 0 spiro atoms. The van der Waals surface area contributed by atoms with Gasteiger partial charge in [-0.25, -0.2) is 14.8 Å². The molecular formula is C23H25N7O2S. The molecule has 9 nitrogen and oxygen atoms in total. The van der Waals surface area contributed by atoms with Crippen LogP contribution in [0.4, 0.5) is 16.3 Å². The van der Waals surface area contributed by atoms with Crippen LogP contribution in [0.5, 0.6) is 0 Å². The number of anilines is 2. The fourth-order valence-electron chi connectivity index (χ4n) is 4.88. The summed E-state index contributed by atoms with van der Waals surface area (Å²) < 4.78 is 5.79. The molecule has 1 saturated heterocycles. The molecule has 0 aliphatic carbocycles. The van der Waals surface area contributed by atoms with Gasteiger partial charge in [0.25, 0.3) is 0 Å². The number of hydrogen-bond acceptors (Lipinski definition) is 7. The van der Waals surface area contributed by atoms with E-state index in [2.05, 4.69) is 31.5 Å². The van der Waals surface area contributed by atoms with E-state index in [0.29, 0.717) is 26.2 Å². The van der Waals surface area contributed by atoms with Gasteiger partial charge < -0.3 is 19.9 Å². The number of nitrogens with one attached hydrogen (secondary N) is 2. The highest BCUT2D eigenvalue weighted by Crippen LogP contribution is 2.38. The van der Waals surface area contributed by atoms with Crippen molar-refractivity contribution in [1.29, 1.82) is 0 Å². The first-order chi connectivity index (χ1) is 16.0. The summed E-state index contributed by atoms with van der Waals surface area (Å²) in [6, 6.07) is 6.16. The molecule has 10 heteroatoms. The van der Waals surface area contributed by atoms with Gasteiger partial charge in [-0.3, -0.25) is 5.10 Å². The van der Waals surface area contributed by atoms with Gasteiger partial charge in [0.1, 0.15) is 17.0 Å². The Morgan fingerprint density at radius 3 is 2.91 bits per heavy atom. The van der Waals surface area contributed by atoms with Crippen molar-refractivity contribution in [1.82, 2.24) is 30.0 Å². The van der Waals surface area contributed by atoms with Crippen molar-refractivity contribution >= 4 is 50.0 Å². The largest absolute Gasteiger partial charge is 0.372 e. The number of carbonyl (C=O) groups excluding carboxylic acids is 1. The number of aromatic nitrogens is 4. The van der Waals surface area contributed by atoms with E-state index in [1.165, 1.54) is 10.4 Å². The summed E-state index contributed by atoms with van der Waals surface area (Å²) in [4.78, 5) is 28.3. The third kappa shape index (κ3) is 3.68. The molecule has 170 valence electrons. The van der Waals surface area contributed by atoms with E-state index in [4.69, 9.17) is 4.74 Å². The predicted octanol–water partition coefficient (Wildman–Crippen LogP) is 3.90. The minimum absolute atomic E-state index is 0.0626. The second-order valence-electron chi connectivity index (χ2n) is 8.82. The third-order valence-electron chi connectivity index (χ3n) is 6.30. The van der Waals surface area contributed by atoms with Crippen LogP contribution in [0.15, 0.2) is 30.7 Å². The Balaban J connectivity index is 1.27. The highest BCUT2D eigenvalue weighted by molar-refractivity contribution is 7.19. The number of benzene rings is 1. The number of amides is 2. The number of H-pyrrole nitrogens is 1. The van der Waals surface area contributed by atoms with Crippen LogP contribution in [0.2, 0.25) is 0 Å². The van der Waals surface area contributed by atoms with Crippen LogP contribution < -0.4 is 5.32 Å². The number of rotatable bonds is 2. The SMILES string of the molecule is C[C@@H]1CN(C(=O)N2CCc3c(sc4ncnc(Nc5ccc6[nH]ncc6c5)c34)C2)C[C@H](C)O1. The maximum absolute atomic E-state index is 13.2. The number of urea groups is 1. The van der Waals surface area contributed by atoms with Crippen LogP contribution in [0.1, 0.15) is 24.3 Å². The molecular weight excluding hydrogens is 438 g/mol. The zero-order valence-corrected chi connectivity index (χ0v) is 19.4. The van der Waals surface area contributed by atoms with E-state index in [9.17, 15) is 4.79 Å². The lowest BCUT2D eigenvalue weighted by molar-refractivity contribution is -0.0585. The van der Waals surface area contributed by atoms with E-state index < -0.39 is 0 Å². The second-order valence-corrected chi connectivity index (χ2v) is 9.90. The molecule has 1 aromatic carbocycles. The van der Waals surface area contributed by atoms with Crippen molar-refractivity contribution in [3.63, 3.8) is 0 Å². The zero-order valence-electron chi connectivity index (χ0n) is 18.5. The van der Waals surface area contributed by atoms with Crippen LogP contribution >= 0.6 is 11.3 Å². The standard InChI is InChI=1S/C23H25N7O2S/c1-13-9-30(10-14(2)32-13)23(31)29-6-5-17-19(11-29)33-22-20(17)21(24-12-25-22)27-16-3-4-18-15(7-16)8-26-28-18/h3-4,7-8,12-14H,5-6,9-11H2,1-2H3,(H,26,28)(H,24,25,27)/t13-,14+. The fourth-order valence-corrected chi connectivity index (χ4v) is 6.08. The Bertz CT molecular complexity index is 1340. The number of nitrogens with zero attached hydrogens (tertiary/aromatic N) is 5. The zero-order chi connectivity index (χ0) is 22.5. The van der Waals surface area contributed by atoms with Crippen molar-refractivity contribution in [2.75, 3.05) is 25.0 Å². The molecule has 0 radical (unpaired) electrons. The summed E-state index contributed by atoms with van der Waals surface area (Å²) in [6.07, 6.45) is 4.33. The second kappa shape index (κ2) is 7.96. The van der Waals surface area contributed by atoms with Gasteiger partial charge in [0, 0.05) is 35.6 Å². The third-order valence-corrected chi connectivity index (χ3v) is 7.43. The van der Waals surface area contributed by atoms with Gasteiger partial charge in [0.15, 0.2) is 0 Å². The molecule has 4 aromatic rings. The van der Waals surface area contributed by atoms with Crippen molar-refractivity contribution in [3.8, 4) is 0 Å². The first-order valence-corrected chi connectivity index (χ1v) is 12.0. The van der Waals surface area contributed by atoms with Gasteiger partial charge in [-0.15, -0.1) is 11.3 Å². The molecule has 0 saturated carbocycles. The number of morpholine rings is 1. The summed E-state index contributed by atoms with van der Waals surface area (Å²) >= 11 is 1.65. The maximum atomic E-state index is 13.2. The van der Waals surface area contributed by atoms with Crippen molar-refractivity contribution in [3.05, 3.63) is 41.2 Å². The number of thiophene rings is 1. The van der Waals surface area contributed by atoms with E-state index in [1.807, 2.05) is 42.0 Å². The Labute approximate surface area is 194 Å². The number of aromatic amines is 1. The minimum atomic E-state index is 0.0626. The summed E-state index contributed by atoms with van der Waals surface area (Å²) in [5.74, 6) is 0.802. The fraction of sp³-hybridized carbons (Fsp3) is 0.391. The average molecular weight is 464 g/mol. The highest BCUT2D eigenvalue weighted by atomic mass is 32.1. The van der Waals surface area contributed by atoms with Gasteiger partial charge in [0.2, 0.25) is 0 Å². The van der Waals surface area contributed by atoms with Gasteiger partial charge in [-0.2, -0.15) is 5.10 Å². The molecule has 2 aliphatic heterocycles. The molecule has 6 rings (SSSR count). The lowest BCUT2D eigenvalue weighted by Gasteiger charge is -2.39. The molecule has 2 atom stereocenters. The summed E-state index contributed by atoms with van der Waals surface area (Å²) in [5.41, 5.74) is 3.19. The van der Waals surface area contributed by atoms with Crippen molar-refractivity contribution < 1.29 is 9.53 Å². The average Bonchev–Trinajstić information content (AvgIpc) is 3.41. The summed E-state index contributed by atoms with van der Waals surface area (Å²) in [6.45, 7) is 6.61. The molecule has 0 bridgehead atoms. The Morgan fingerprint density at radius 2 is 2.06 bits per heavy atom. The normalized spacial score (nSPS) is 20.9. The van der Waals surface area contributed by atoms with Gasteiger partial charge in [0.05, 0.1) is 35.9 Å². The molecule has 3 aromatic heterocycles. The Hall–Kier alpha value is -3.24. The van der Waals surface area contributed by atoms with Crippen LogP contribution in [0.25, 0.3) is 21.1 Å². The molecule has 2 amide bonds. The van der Waals surface area contributed by atoms with Crippen molar-refractivity contribution in [2.24, 2.45) is 0 Å². The summed E-state index contributed by atoms with van der Waals surface area (Å²) in [5, 5.41) is 12.6. The quantitative estimate of drug-likeness (QED) is 0.468. The van der Waals surface area contributed by atoms with Crippen LogP contribution in [-0.2, 0) is 17.7 Å². The molecule has 33 heavy (non-hydrogen) atoms. The lowest BCUT2D eigenvalue weighted by Crippen LogP contribution is -2.53. The van der Waals surface area contributed by atoms with Gasteiger partial charge in [-0.05, 0) is 44.0 Å². The predicted molar refractivity (Wildman–Crippen MR) is 128 cm³/mol. The van der Waals surface area contributed by atoms with E-state index in [0.717, 1.165) is 39.0 Å². The van der Waals surface area contributed by atoms with E-state index in [1.54, 1.807) is 17.7 Å². The van der Waals surface area contributed by atoms with E-state index >= 15 is 0 Å². The number of hydrogen-bond donors (Lipinski definition) is 2.